The summed E-state index contributed by atoms with van der Waals surface area (Å²) in [7, 11) is 1.95. The second-order valence-electron chi connectivity index (χ2n) is 7.14. The van der Waals surface area contributed by atoms with Crippen molar-refractivity contribution in [2.45, 2.75) is 38.5 Å². The molecule has 0 aromatic carbocycles. The molecule has 6 heteroatoms. The van der Waals surface area contributed by atoms with E-state index >= 15 is 0 Å². The van der Waals surface area contributed by atoms with Crippen LogP contribution in [0.1, 0.15) is 38.5 Å². The lowest BCUT2D eigenvalue weighted by molar-refractivity contribution is -0.147. The maximum Gasteiger partial charge on any atom is 0.242 e. The quantitative estimate of drug-likeness (QED) is 0.771. The van der Waals surface area contributed by atoms with Crippen LogP contribution in [0.5, 0.6) is 0 Å². The van der Waals surface area contributed by atoms with Crippen LogP contribution >= 0.6 is 0 Å². The van der Waals surface area contributed by atoms with Crippen molar-refractivity contribution in [3.05, 3.63) is 0 Å². The van der Waals surface area contributed by atoms with Crippen LogP contribution in [0.25, 0.3) is 0 Å². The number of hydrogen-bond donors (Lipinski definition) is 1. The van der Waals surface area contributed by atoms with Gasteiger partial charge in [-0.1, -0.05) is 12.8 Å². The van der Waals surface area contributed by atoms with Crippen LogP contribution in [0.15, 0.2) is 0 Å². The zero-order valence-electron chi connectivity index (χ0n) is 13.9. The topological polar surface area (TPSA) is 69.7 Å². The number of carbonyl (C=O) groups is 3. The van der Waals surface area contributed by atoms with Crippen molar-refractivity contribution in [2.24, 2.45) is 17.8 Å². The normalized spacial score (nSPS) is 29.1. The Bertz CT molecular complexity index is 461. The highest BCUT2D eigenvalue weighted by atomic mass is 16.2. The number of piperidine rings is 1. The molecule has 0 spiro atoms. The summed E-state index contributed by atoms with van der Waals surface area (Å²) in [5, 5.41) is 3.18. The van der Waals surface area contributed by atoms with Crippen molar-refractivity contribution in [1.29, 1.82) is 0 Å². The number of hydrogen-bond acceptors (Lipinski definition) is 4. The second kappa shape index (κ2) is 6.99. The van der Waals surface area contributed by atoms with E-state index in [-0.39, 0.29) is 36.1 Å². The van der Waals surface area contributed by atoms with Gasteiger partial charge in [0, 0.05) is 13.1 Å². The lowest BCUT2D eigenvalue weighted by Gasteiger charge is -2.32. The Morgan fingerprint density at radius 3 is 2.13 bits per heavy atom. The molecule has 2 saturated heterocycles. The lowest BCUT2D eigenvalue weighted by Crippen LogP contribution is -2.46. The van der Waals surface area contributed by atoms with Crippen molar-refractivity contribution >= 4 is 17.7 Å². The summed E-state index contributed by atoms with van der Waals surface area (Å²) in [5.74, 6) is -0.0118. The maximum absolute atomic E-state index is 12.5. The fourth-order valence-corrected chi connectivity index (χ4v) is 4.30. The number of carbonyl (C=O) groups excluding carboxylic acids is 3. The van der Waals surface area contributed by atoms with E-state index in [1.807, 2.05) is 11.9 Å². The van der Waals surface area contributed by atoms with Gasteiger partial charge >= 0.3 is 0 Å². The monoisotopic (exact) mass is 321 g/mol. The van der Waals surface area contributed by atoms with E-state index in [1.165, 1.54) is 4.90 Å². The molecule has 0 aromatic heterocycles. The molecule has 2 unspecified atom stereocenters. The Hall–Kier alpha value is -1.43. The standard InChI is InChI=1S/C17H27N3O3/c1-18-10-12-6-8-19(9-7-12)15(21)11-20-16(22)13-4-2-3-5-14(13)17(20)23/h12-14,18H,2-11H2,1H3. The molecule has 3 amide bonds. The molecule has 128 valence electrons. The van der Waals surface area contributed by atoms with Gasteiger partial charge in [0.1, 0.15) is 6.54 Å². The van der Waals surface area contributed by atoms with Crippen LogP contribution in [0.2, 0.25) is 0 Å². The highest BCUT2D eigenvalue weighted by molar-refractivity contribution is 6.07. The van der Waals surface area contributed by atoms with Gasteiger partial charge in [-0.05, 0) is 45.2 Å². The van der Waals surface area contributed by atoms with Gasteiger partial charge in [-0.2, -0.15) is 0 Å². The number of fused-ring (bicyclic) bond motifs is 1. The van der Waals surface area contributed by atoms with Crippen LogP contribution in [0, 0.1) is 17.8 Å². The van der Waals surface area contributed by atoms with Crippen molar-refractivity contribution in [3.63, 3.8) is 0 Å². The molecule has 2 heterocycles. The van der Waals surface area contributed by atoms with E-state index in [9.17, 15) is 14.4 Å². The second-order valence-corrected chi connectivity index (χ2v) is 7.14. The number of rotatable bonds is 4. The van der Waals surface area contributed by atoms with Gasteiger partial charge in [0.25, 0.3) is 0 Å². The summed E-state index contributed by atoms with van der Waals surface area (Å²) >= 11 is 0. The summed E-state index contributed by atoms with van der Waals surface area (Å²) < 4.78 is 0. The Labute approximate surface area is 137 Å². The van der Waals surface area contributed by atoms with Crippen molar-refractivity contribution < 1.29 is 14.4 Å². The van der Waals surface area contributed by atoms with Gasteiger partial charge in [0.2, 0.25) is 17.7 Å². The molecule has 3 aliphatic rings. The zero-order valence-corrected chi connectivity index (χ0v) is 13.9. The highest BCUT2D eigenvalue weighted by Crippen LogP contribution is 2.37. The molecule has 0 bridgehead atoms. The summed E-state index contributed by atoms with van der Waals surface area (Å²) in [4.78, 5) is 40.4. The average Bonchev–Trinajstić information content (AvgIpc) is 2.81. The lowest BCUT2D eigenvalue weighted by atomic mass is 9.81. The van der Waals surface area contributed by atoms with Gasteiger partial charge in [-0.25, -0.2) is 0 Å². The third kappa shape index (κ3) is 3.27. The van der Waals surface area contributed by atoms with Crippen molar-refractivity contribution in [2.75, 3.05) is 33.2 Å². The maximum atomic E-state index is 12.5. The molecule has 6 nitrogen and oxygen atoms in total. The summed E-state index contributed by atoms with van der Waals surface area (Å²) in [6.45, 7) is 2.39. The molecular formula is C17H27N3O3. The van der Waals surface area contributed by atoms with E-state index in [0.717, 1.165) is 58.2 Å². The van der Waals surface area contributed by atoms with Crippen LogP contribution in [0.3, 0.4) is 0 Å². The SMILES string of the molecule is CNCC1CCN(C(=O)CN2C(=O)C3CCCCC3C2=O)CC1. The molecule has 3 rings (SSSR count). The minimum Gasteiger partial charge on any atom is -0.341 e. The van der Waals surface area contributed by atoms with Crippen LogP contribution in [-0.4, -0.2) is 60.7 Å². The van der Waals surface area contributed by atoms with E-state index in [1.54, 1.807) is 0 Å². The van der Waals surface area contributed by atoms with E-state index in [2.05, 4.69) is 5.32 Å². The van der Waals surface area contributed by atoms with Crippen LogP contribution < -0.4 is 5.32 Å². The number of likely N-dealkylation sites (tertiary alicyclic amines) is 2. The molecule has 2 atom stereocenters. The van der Waals surface area contributed by atoms with E-state index in [4.69, 9.17) is 0 Å². The van der Waals surface area contributed by atoms with Gasteiger partial charge in [-0.3, -0.25) is 19.3 Å². The van der Waals surface area contributed by atoms with Gasteiger partial charge in [-0.15, -0.1) is 0 Å². The molecule has 1 aliphatic carbocycles. The minimum atomic E-state index is -0.162. The Kier molecular flexibility index (Phi) is 4.99. The number of nitrogens with one attached hydrogen (secondary N) is 1. The predicted octanol–water partition coefficient (Wildman–Crippen LogP) is 0.620. The largest absolute Gasteiger partial charge is 0.341 e. The fraction of sp³-hybridized carbons (Fsp3) is 0.824. The molecule has 23 heavy (non-hydrogen) atoms. The molecule has 2 aliphatic heterocycles. The third-order valence-corrected chi connectivity index (χ3v) is 5.69. The van der Waals surface area contributed by atoms with Crippen molar-refractivity contribution in [3.8, 4) is 0 Å². The average molecular weight is 321 g/mol. The van der Waals surface area contributed by atoms with Crippen LogP contribution in [0.4, 0.5) is 0 Å². The molecule has 0 aromatic rings. The van der Waals surface area contributed by atoms with Crippen molar-refractivity contribution in [1.82, 2.24) is 15.1 Å². The molecule has 0 radical (unpaired) electrons. The van der Waals surface area contributed by atoms with Crippen LogP contribution in [-0.2, 0) is 14.4 Å². The first-order chi connectivity index (χ1) is 11.1. The van der Waals surface area contributed by atoms with E-state index < -0.39 is 0 Å². The third-order valence-electron chi connectivity index (χ3n) is 5.69. The molecule has 1 saturated carbocycles. The van der Waals surface area contributed by atoms with Gasteiger partial charge in [0.15, 0.2) is 0 Å². The number of imide groups is 1. The highest BCUT2D eigenvalue weighted by Gasteiger charge is 2.48. The first-order valence-electron chi connectivity index (χ1n) is 8.89. The van der Waals surface area contributed by atoms with E-state index in [0.29, 0.717) is 5.92 Å². The first kappa shape index (κ1) is 16.4. The number of nitrogens with zero attached hydrogens (tertiary/aromatic N) is 2. The predicted molar refractivity (Wildman–Crippen MR) is 85.4 cm³/mol. The smallest absolute Gasteiger partial charge is 0.242 e. The number of amides is 3. The molecule has 1 N–H and O–H groups in total. The Balaban J connectivity index is 1.56. The Morgan fingerprint density at radius 2 is 1.61 bits per heavy atom. The summed E-state index contributed by atoms with van der Waals surface area (Å²) in [6.07, 6.45) is 5.60. The fourth-order valence-electron chi connectivity index (χ4n) is 4.30. The summed E-state index contributed by atoms with van der Waals surface area (Å²) in [6, 6.07) is 0. The summed E-state index contributed by atoms with van der Waals surface area (Å²) in [5.41, 5.74) is 0. The zero-order chi connectivity index (χ0) is 16.4. The van der Waals surface area contributed by atoms with Gasteiger partial charge in [0.05, 0.1) is 11.8 Å². The van der Waals surface area contributed by atoms with Gasteiger partial charge < -0.3 is 10.2 Å². The molecule has 3 fully saturated rings. The minimum absolute atomic E-state index is 0.0542. The molecular weight excluding hydrogens is 294 g/mol. The first-order valence-corrected chi connectivity index (χ1v) is 8.89. The Morgan fingerprint density at radius 1 is 1.04 bits per heavy atom.